The van der Waals surface area contributed by atoms with Gasteiger partial charge in [-0.15, -0.1) is 0 Å². The highest BCUT2D eigenvalue weighted by Crippen LogP contribution is 2.27. The number of amides is 1. The van der Waals surface area contributed by atoms with Gasteiger partial charge in [0.15, 0.2) is 9.84 Å². The zero-order chi connectivity index (χ0) is 17.3. The molecule has 0 fully saturated rings. The molecular weight excluding hydrogens is 348 g/mol. The number of benzene rings is 2. The van der Waals surface area contributed by atoms with Crippen molar-refractivity contribution in [3.05, 3.63) is 65.4 Å². The first-order valence-electron chi connectivity index (χ1n) is 7.00. The predicted molar refractivity (Wildman–Crippen MR) is 94.3 cm³/mol. The number of hydrogen-bond donors (Lipinski definition) is 1. The minimum Gasteiger partial charge on any atom is -0.322 e. The molecule has 3 aromatic rings. The number of hydrogen-bond acceptors (Lipinski definition) is 4. The molecule has 0 aliphatic rings. The van der Waals surface area contributed by atoms with E-state index in [9.17, 15) is 13.2 Å². The summed E-state index contributed by atoms with van der Waals surface area (Å²) in [4.78, 5) is 16.8. The molecule has 24 heavy (non-hydrogen) atoms. The van der Waals surface area contributed by atoms with Gasteiger partial charge in [0.25, 0.3) is 5.91 Å². The number of nitrogens with zero attached hydrogens (tertiary/aromatic N) is 1. The van der Waals surface area contributed by atoms with E-state index in [-0.39, 0.29) is 4.90 Å². The number of nitrogens with one attached hydrogen (secondary N) is 1. The van der Waals surface area contributed by atoms with Crippen molar-refractivity contribution in [2.24, 2.45) is 0 Å². The summed E-state index contributed by atoms with van der Waals surface area (Å²) in [6, 6.07) is 11.4. The molecule has 1 heterocycles. The minimum atomic E-state index is -3.35. The van der Waals surface area contributed by atoms with E-state index in [1.807, 2.05) is 6.07 Å². The summed E-state index contributed by atoms with van der Waals surface area (Å²) < 4.78 is 23.2. The van der Waals surface area contributed by atoms with Crippen LogP contribution in [0.3, 0.4) is 0 Å². The smallest absolute Gasteiger partial charge is 0.257 e. The van der Waals surface area contributed by atoms with Crippen molar-refractivity contribution in [3.8, 4) is 0 Å². The van der Waals surface area contributed by atoms with Crippen molar-refractivity contribution in [2.45, 2.75) is 4.90 Å². The van der Waals surface area contributed by atoms with Crippen LogP contribution in [0, 0.1) is 0 Å². The molecule has 0 saturated heterocycles. The van der Waals surface area contributed by atoms with Gasteiger partial charge in [0.05, 0.1) is 10.5 Å². The van der Waals surface area contributed by atoms with Crippen molar-refractivity contribution in [2.75, 3.05) is 11.6 Å². The van der Waals surface area contributed by atoms with Crippen LogP contribution in [0.15, 0.2) is 59.8 Å². The first-order chi connectivity index (χ1) is 11.4. The lowest BCUT2D eigenvalue weighted by atomic mass is 10.1. The summed E-state index contributed by atoms with van der Waals surface area (Å²) in [5, 5.41) is 4.49. The lowest BCUT2D eigenvalue weighted by Crippen LogP contribution is -2.13. The van der Waals surface area contributed by atoms with Crippen molar-refractivity contribution in [1.82, 2.24) is 4.98 Å². The molecule has 0 radical (unpaired) electrons. The van der Waals surface area contributed by atoms with Crippen LogP contribution in [-0.2, 0) is 9.84 Å². The monoisotopic (exact) mass is 360 g/mol. The number of carbonyl (C=O) groups is 1. The SMILES string of the molecule is CS(=O)(=O)c1cccc(NC(=O)c2cncc3cccc(Cl)c23)c1. The first kappa shape index (κ1) is 16.4. The normalized spacial score (nSPS) is 11.4. The number of anilines is 1. The van der Waals surface area contributed by atoms with Crippen LogP contribution in [0.1, 0.15) is 10.4 Å². The Morgan fingerprint density at radius 3 is 2.62 bits per heavy atom. The van der Waals surface area contributed by atoms with Gasteiger partial charge in [-0.05, 0) is 24.3 Å². The second-order valence-corrected chi connectivity index (χ2v) is 7.70. The van der Waals surface area contributed by atoms with Crippen molar-refractivity contribution in [1.29, 1.82) is 0 Å². The Hall–Kier alpha value is -2.44. The molecule has 5 nitrogen and oxygen atoms in total. The Bertz CT molecular complexity index is 1040. The molecular formula is C17H13ClN2O3S. The van der Waals surface area contributed by atoms with E-state index in [4.69, 9.17) is 11.6 Å². The summed E-state index contributed by atoms with van der Waals surface area (Å²) in [5.41, 5.74) is 0.704. The highest BCUT2D eigenvalue weighted by Gasteiger charge is 2.14. The van der Waals surface area contributed by atoms with Gasteiger partial charge in [-0.2, -0.15) is 0 Å². The number of sulfone groups is 1. The second kappa shape index (κ2) is 6.22. The summed E-state index contributed by atoms with van der Waals surface area (Å²) in [7, 11) is -3.35. The Balaban J connectivity index is 2.00. The first-order valence-corrected chi connectivity index (χ1v) is 9.27. The summed E-state index contributed by atoms with van der Waals surface area (Å²) in [6.45, 7) is 0. The molecule has 3 rings (SSSR count). The number of aromatic nitrogens is 1. The summed E-state index contributed by atoms with van der Waals surface area (Å²) >= 11 is 6.21. The molecule has 2 aromatic carbocycles. The molecule has 1 aromatic heterocycles. The molecule has 0 aliphatic carbocycles. The largest absolute Gasteiger partial charge is 0.322 e. The van der Waals surface area contributed by atoms with E-state index in [0.29, 0.717) is 21.7 Å². The Morgan fingerprint density at radius 1 is 1.12 bits per heavy atom. The number of rotatable bonds is 3. The highest BCUT2D eigenvalue weighted by molar-refractivity contribution is 7.90. The maximum Gasteiger partial charge on any atom is 0.257 e. The molecule has 122 valence electrons. The average molecular weight is 361 g/mol. The molecule has 0 bridgehead atoms. The Labute approximate surface area is 144 Å². The molecule has 7 heteroatoms. The van der Waals surface area contributed by atoms with Crippen LogP contribution in [0.2, 0.25) is 5.02 Å². The fourth-order valence-electron chi connectivity index (χ4n) is 2.36. The van der Waals surface area contributed by atoms with E-state index in [1.165, 1.54) is 18.3 Å². The topological polar surface area (TPSA) is 76.1 Å². The molecule has 0 saturated carbocycles. The summed E-state index contributed by atoms with van der Waals surface area (Å²) in [6.07, 6.45) is 4.18. The highest BCUT2D eigenvalue weighted by atomic mass is 35.5. The summed E-state index contributed by atoms with van der Waals surface area (Å²) in [5.74, 6) is -0.410. The standard InChI is InChI=1S/C17H13ClN2O3S/c1-24(22,23)13-6-3-5-12(8-13)20-17(21)14-10-19-9-11-4-2-7-15(18)16(11)14/h2-10H,1H3,(H,20,21). The van der Waals surface area contributed by atoms with Crippen molar-refractivity contribution < 1.29 is 13.2 Å². The van der Waals surface area contributed by atoms with Gasteiger partial charge >= 0.3 is 0 Å². The van der Waals surface area contributed by atoms with Crippen molar-refractivity contribution >= 4 is 43.8 Å². The number of pyridine rings is 1. The number of carbonyl (C=O) groups excluding carboxylic acids is 1. The van der Waals surface area contributed by atoms with Gasteiger partial charge < -0.3 is 5.32 Å². The lowest BCUT2D eigenvalue weighted by molar-refractivity contribution is 0.102. The Kier molecular flexibility index (Phi) is 4.26. The number of fused-ring (bicyclic) bond motifs is 1. The fraction of sp³-hybridized carbons (Fsp3) is 0.0588. The molecule has 1 N–H and O–H groups in total. The zero-order valence-corrected chi connectivity index (χ0v) is 14.2. The van der Waals surface area contributed by atoms with Gasteiger partial charge in [-0.3, -0.25) is 9.78 Å². The van der Waals surface area contributed by atoms with Crippen LogP contribution in [-0.4, -0.2) is 25.6 Å². The third-order valence-corrected chi connectivity index (χ3v) is 4.92. The van der Waals surface area contributed by atoms with Crippen molar-refractivity contribution in [3.63, 3.8) is 0 Å². The van der Waals surface area contributed by atoms with Gasteiger partial charge in [-0.25, -0.2) is 8.42 Å². The predicted octanol–water partition coefficient (Wildman–Crippen LogP) is 3.54. The Morgan fingerprint density at radius 2 is 1.88 bits per heavy atom. The molecule has 0 atom stereocenters. The van der Waals surface area contributed by atoms with Crippen LogP contribution < -0.4 is 5.32 Å². The molecule has 0 aliphatic heterocycles. The van der Waals surface area contributed by atoms with Gasteiger partial charge in [0, 0.05) is 40.1 Å². The van der Waals surface area contributed by atoms with Crippen LogP contribution in [0.5, 0.6) is 0 Å². The fourth-order valence-corrected chi connectivity index (χ4v) is 3.31. The minimum absolute atomic E-state index is 0.134. The third-order valence-electron chi connectivity index (χ3n) is 3.50. The third kappa shape index (κ3) is 3.25. The molecule has 0 unspecified atom stereocenters. The molecule has 1 amide bonds. The van der Waals surface area contributed by atoms with E-state index >= 15 is 0 Å². The quantitative estimate of drug-likeness (QED) is 0.775. The van der Waals surface area contributed by atoms with Crippen LogP contribution in [0.4, 0.5) is 5.69 Å². The number of halogens is 1. The van der Waals surface area contributed by atoms with E-state index < -0.39 is 15.7 Å². The van der Waals surface area contributed by atoms with Crippen LogP contribution in [0.25, 0.3) is 10.8 Å². The second-order valence-electron chi connectivity index (χ2n) is 5.28. The lowest BCUT2D eigenvalue weighted by Gasteiger charge is -2.09. The van der Waals surface area contributed by atoms with Gasteiger partial charge in [0.1, 0.15) is 0 Å². The van der Waals surface area contributed by atoms with E-state index in [0.717, 1.165) is 11.6 Å². The average Bonchev–Trinajstić information content (AvgIpc) is 2.54. The molecule has 0 spiro atoms. The van der Waals surface area contributed by atoms with Crippen LogP contribution >= 0.6 is 11.6 Å². The van der Waals surface area contributed by atoms with Gasteiger partial charge in [0.2, 0.25) is 0 Å². The van der Waals surface area contributed by atoms with E-state index in [1.54, 1.807) is 30.5 Å². The maximum absolute atomic E-state index is 12.6. The maximum atomic E-state index is 12.6. The zero-order valence-electron chi connectivity index (χ0n) is 12.7. The van der Waals surface area contributed by atoms with E-state index in [2.05, 4.69) is 10.3 Å². The van der Waals surface area contributed by atoms with Gasteiger partial charge in [-0.1, -0.05) is 29.8 Å².